The number of anilines is 2. The number of nitrogens with zero attached hydrogens (tertiary/aromatic N) is 2. The van der Waals surface area contributed by atoms with Crippen molar-refractivity contribution in [1.29, 1.82) is 0 Å². The molecule has 0 aliphatic heterocycles. The van der Waals surface area contributed by atoms with Gasteiger partial charge in [0.05, 0.1) is 17.1 Å². The Morgan fingerprint density at radius 3 is 2.78 bits per heavy atom. The molecule has 0 fully saturated rings. The zero-order chi connectivity index (χ0) is 13.3. The number of amides is 1. The molecule has 0 saturated heterocycles. The lowest BCUT2D eigenvalue weighted by Gasteiger charge is -2.17. The van der Waals surface area contributed by atoms with E-state index in [1.807, 2.05) is 0 Å². The Morgan fingerprint density at radius 1 is 1.44 bits per heavy atom. The Hall–Kier alpha value is -2.01. The number of hydrogen-bond acceptors (Lipinski definition) is 4. The van der Waals surface area contributed by atoms with E-state index in [0.717, 1.165) is 0 Å². The van der Waals surface area contributed by atoms with Gasteiger partial charge in [-0.25, -0.2) is 0 Å². The van der Waals surface area contributed by atoms with Gasteiger partial charge < -0.3 is 15.2 Å². The van der Waals surface area contributed by atoms with Gasteiger partial charge in [0.25, 0.3) is 5.91 Å². The van der Waals surface area contributed by atoms with E-state index in [1.54, 1.807) is 38.2 Å². The van der Waals surface area contributed by atoms with Crippen LogP contribution in [-0.4, -0.2) is 18.1 Å². The lowest BCUT2D eigenvalue weighted by Crippen LogP contribution is -2.26. The average Bonchev–Trinajstić information content (AvgIpc) is 2.77. The van der Waals surface area contributed by atoms with E-state index in [2.05, 4.69) is 5.16 Å². The van der Waals surface area contributed by atoms with Crippen LogP contribution in [0.5, 0.6) is 0 Å². The van der Waals surface area contributed by atoms with E-state index in [4.69, 9.17) is 21.9 Å². The first-order valence-corrected chi connectivity index (χ1v) is 5.63. The number of hydrogen-bond donors (Lipinski definition) is 1. The fourth-order valence-electron chi connectivity index (χ4n) is 1.55. The van der Waals surface area contributed by atoms with Crippen LogP contribution in [0.2, 0.25) is 5.02 Å². The van der Waals surface area contributed by atoms with Gasteiger partial charge >= 0.3 is 0 Å². The van der Waals surface area contributed by atoms with Gasteiger partial charge in [0.1, 0.15) is 0 Å². The fraction of sp³-hybridized carbons (Fsp3) is 0.167. The summed E-state index contributed by atoms with van der Waals surface area (Å²) in [6.07, 6.45) is 0. The zero-order valence-corrected chi connectivity index (χ0v) is 10.7. The van der Waals surface area contributed by atoms with Crippen molar-refractivity contribution in [3.8, 4) is 0 Å². The van der Waals surface area contributed by atoms with Crippen LogP contribution in [0.15, 0.2) is 28.8 Å². The number of aryl methyl sites for hydroxylation is 1. The summed E-state index contributed by atoms with van der Waals surface area (Å²) in [6, 6.07) is 6.50. The monoisotopic (exact) mass is 265 g/mol. The van der Waals surface area contributed by atoms with Gasteiger partial charge in [0.15, 0.2) is 0 Å². The van der Waals surface area contributed by atoms with Crippen LogP contribution in [-0.2, 0) is 0 Å². The van der Waals surface area contributed by atoms with Crippen molar-refractivity contribution in [3.05, 3.63) is 40.7 Å². The summed E-state index contributed by atoms with van der Waals surface area (Å²) >= 11 is 5.89. The molecule has 2 rings (SSSR count). The standard InChI is InChI=1S/C12H12ClN3O2/c1-7-5-11(18-15-7)12(17)16(2)10-6-8(13)3-4-9(10)14/h3-6H,14H2,1-2H3. The highest BCUT2D eigenvalue weighted by molar-refractivity contribution is 6.31. The Morgan fingerprint density at radius 2 is 2.17 bits per heavy atom. The maximum atomic E-state index is 12.1. The molecule has 0 aliphatic rings. The van der Waals surface area contributed by atoms with Gasteiger partial charge in [-0.3, -0.25) is 4.79 Å². The van der Waals surface area contributed by atoms with Gasteiger partial charge in [0, 0.05) is 18.1 Å². The quantitative estimate of drug-likeness (QED) is 0.847. The second-order valence-electron chi connectivity index (χ2n) is 3.90. The second-order valence-corrected chi connectivity index (χ2v) is 4.34. The van der Waals surface area contributed by atoms with Crippen molar-refractivity contribution in [2.24, 2.45) is 0 Å². The van der Waals surface area contributed by atoms with Gasteiger partial charge in [-0.05, 0) is 25.1 Å². The predicted molar refractivity (Wildman–Crippen MR) is 69.8 cm³/mol. The van der Waals surface area contributed by atoms with E-state index in [0.29, 0.717) is 22.1 Å². The molecule has 1 aromatic carbocycles. The minimum atomic E-state index is -0.329. The minimum absolute atomic E-state index is 0.161. The van der Waals surface area contributed by atoms with Crippen LogP contribution >= 0.6 is 11.6 Å². The van der Waals surface area contributed by atoms with Crippen molar-refractivity contribution in [1.82, 2.24) is 5.16 Å². The number of nitrogen functional groups attached to an aromatic ring is 1. The molecule has 1 amide bonds. The first-order valence-electron chi connectivity index (χ1n) is 5.25. The normalized spacial score (nSPS) is 10.4. The number of carbonyl (C=O) groups is 1. The van der Waals surface area contributed by atoms with Crippen LogP contribution in [0, 0.1) is 6.92 Å². The number of carbonyl (C=O) groups excluding carboxylic acids is 1. The topological polar surface area (TPSA) is 72.4 Å². The van der Waals surface area contributed by atoms with Crippen LogP contribution < -0.4 is 10.6 Å². The molecule has 0 bridgehead atoms. The lowest BCUT2D eigenvalue weighted by atomic mass is 10.2. The number of rotatable bonds is 2. The van der Waals surface area contributed by atoms with Gasteiger partial charge in [-0.1, -0.05) is 16.8 Å². The summed E-state index contributed by atoms with van der Waals surface area (Å²) in [4.78, 5) is 13.5. The van der Waals surface area contributed by atoms with Gasteiger partial charge in [-0.15, -0.1) is 0 Å². The summed E-state index contributed by atoms with van der Waals surface area (Å²) in [7, 11) is 1.60. The molecule has 0 saturated carbocycles. The Labute approximate surface area is 109 Å². The Bertz CT molecular complexity index is 595. The van der Waals surface area contributed by atoms with Gasteiger partial charge in [0.2, 0.25) is 5.76 Å². The summed E-state index contributed by atoms with van der Waals surface area (Å²) < 4.78 is 4.92. The lowest BCUT2D eigenvalue weighted by molar-refractivity contribution is 0.0957. The first kappa shape index (κ1) is 12.4. The van der Waals surface area contributed by atoms with Gasteiger partial charge in [-0.2, -0.15) is 0 Å². The predicted octanol–water partition coefficient (Wildman–Crippen LogP) is 2.50. The SMILES string of the molecule is Cc1cc(C(=O)N(C)c2cc(Cl)ccc2N)on1. The van der Waals surface area contributed by atoms with E-state index in [9.17, 15) is 4.79 Å². The molecule has 6 heteroatoms. The molecule has 2 N–H and O–H groups in total. The highest BCUT2D eigenvalue weighted by Gasteiger charge is 2.19. The van der Waals surface area contributed by atoms with Crippen LogP contribution in [0.25, 0.3) is 0 Å². The molecule has 0 aliphatic carbocycles. The van der Waals surface area contributed by atoms with Crippen LogP contribution in [0.1, 0.15) is 16.2 Å². The Kier molecular flexibility index (Phi) is 3.25. The third-order valence-corrected chi connectivity index (χ3v) is 2.73. The third kappa shape index (κ3) is 2.31. The molecule has 18 heavy (non-hydrogen) atoms. The zero-order valence-electron chi connectivity index (χ0n) is 9.98. The molecule has 0 radical (unpaired) electrons. The molecule has 1 aromatic heterocycles. The summed E-state index contributed by atoms with van der Waals surface area (Å²) in [5.41, 5.74) is 7.45. The molecular weight excluding hydrogens is 254 g/mol. The van der Waals surface area contributed by atoms with Crippen molar-refractivity contribution >= 4 is 28.9 Å². The summed E-state index contributed by atoms with van der Waals surface area (Å²) in [5, 5.41) is 4.18. The smallest absolute Gasteiger partial charge is 0.296 e. The number of benzene rings is 1. The van der Waals surface area contributed by atoms with E-state index >= 15 is 0 Å². The number of halogens is 1. The van der Waals surface area contributed by atoms with Crippen LogP contribution in [0.3, 0.4) is 0 Å². The van der Waals surface area contributed by atoms with Crippen molar-refractivity contribution < 1.29 is 9.32 Å². The van der Waals surface area contributed by atoms with Crippen molar-refractivity contribution in [3.63, 3.8) is 0 Å². The van der Waals surface area contributed by atoms with Crippen molar-refractivity contribution in [2.45, 2.75) is 6.92 Å². The van der Waals surface area contributed by atoms with E-state index in [-0.39, 0.29) is 11.7 Å². The van der Waals surface area contributed by atoms with E-state index < -0.39 is 0 Å². The molecule has 2 aromatic rings. The average molecular weight is 266 g/mol. The maximum absolute atomic E-state index is 12.1. The molecule has 0 spiro atoms. The highest BCUT2D eigenvalue weighted by Crippen LogP contribution is 2.27. The second kappa shape index (κ2) is 4.70. The van der Waals surface area contributed by atoms with E-state index in [1.165, 1.54) is 4.90 Å². The molecule has 94 valence electrons. The molecular formula is C12H12ClN3O2. The Balaban J connectivity index is 2.33. The molecule has 0 unspecified atom stereocenters. The summed E-state index contributed by atoms with van der Waals surface area (Å²) in [6.45, 7) is 1.74. The largest absolute Gasteiger partial charge is 0.397 e. The van der Waals surface area contributed by atoms with Crippen molar-refractivity contribution in [2.75, 3.05) is 17.7 Å². The minimum Gasteiger partial charge on any atom is -0.397 e. The fourth-order valence-corrected chi connectivity index (χ4v) is 1.71. The number of aromatic nitrogens is 1. The number of nitrogens with two attached hydrogens (primary N) is 1. The first-order chi connectivity index (χ1) is 8.49. The van der Waals surface area contributed by atoms with Crippen LogP contribution in [0.4, 0.5) is 11.4 Å². The highest BCUT2D eigenvalue weighted by atomic mass is 35.5. The molecule has 5 nitrogen and oxygen atoms in total. The maximum Gasteiger partial charge on any atom is 0.296 e. The third-order valence-electron chi connectivity index (χ3n) is 2.50. The summed E-state index contributed by atoms with van der Waals surface area (Å²) in [5.74, 6) is -0.168. The molecule has 0 atom stereocenters. The molecule has 1 heterocycles.